The first-order valence-corrected chi connectivity index (χ1v) is 12.5. The Labute approximate surface area is 165 Å². The standard InChI is InChI=1S/C26H48/c1-19(2)25-13-9-23(10-14-25)17-21-5-7-22(8-6-21)18-24-11-15-26(16-12-24)20(3)4/h19-26H,5-18H2,1-4H3. The van der Waals surface area contributed by atoms with E-state index in [1.54, 1.807) is 64.2 Å². The molecule has 3 saturated carbocycles. The number of rotatable bonds is 6. The van der Waals surface area contributed by atoms with Crippen molar-refractivity contribution in [2.45, 2.75) is 118 Å². The van der Waals surface area contributed by atoms with Gasteiger partial charge in [-0.05, 0) is 85.9 Å². The van der Waals surface area contributed by atoms with Gasteiger partial charge in [0.2, 0.25) is 0 Å². The SMILES string of the molecule is CC(C)C1CCC(CC2CCC(CC3CCC(C(C)C)CC3)CC2)CC1. The van der Waals surface area contributed by atoms with E-state index in [4.69, 9.17) is 0 Å². The van der Waals surface area contributed by atoms with Gasteiger partial charge >= 0.3 is 0 Å². The van der Waals surface area contributed by atoms with Crippen LogP contribution in [0.15, 0.2) is 0 Å². The normalized spacial score (nSPS) is 39.5. The van der Waals surface area contributed by atoms with Crippen molar-refractivity contribution in [1.82, 2.24) is 0 Å². The highest BCUT2D eigenvalue weighted by atomic mass is 14.4. The third kappa shape index (κ3) is 6.00. The van der Waals surface area contributed by atoms with Crippen LogP contribution in [0.5, 0.6) is 0 Å². The summed E-state index contributed by atoms with van der Waals surface area (Å²) in [6.45, 7) is 9.73. The van der Waals surface area contributed by atoms with Crippen molar-refractivity contribution in [2.75, 3.05) is 0 Å². The van der Waals surface area contributed by atoms with Crippen LogP contribution in [0.25, 0.3) is 0 Å². The maximum Gasteiger partial charge on any atom is -0.0391 e. The molecule has 0 aliphatic heterocycles. The molecule has 3 aliphatic carbocycles. The Morgan fingerprint density at radius 2 is 0.654 bits per heavy atom. The minimum absolute atomic E-state index is 0.919. The lowest BCUT2D eigenvalue weighted by Gasteiger charge is -2.37. The zero-order valence-electron chi connectivity index (χ0n) is 18.5. The average Bonchev–Trinajstić information content (AvgIpc) is 2.64. The van der Waals surface area contributed by atoms with Gasteiger partial charge in [-0.2, -0.15) is 0 Å². The molecule has 0 spiro atoms. The highest BCUT2D eigenvalue weighted by Crippen LogP contribution is 2.43. The van der Waals surface area contributed by atoms with Gasteiger partial charge in [0.25, 0.3) is 0 Å². The van der Waals surface area contributed by atoms with Gasteiger partial charge in [0, 0.05) is 0 Å². The van der Waals surface area contributed by atoms with Crippen LogP contribution in [0.1, 0.15) is 118 Å². The summed E-state index contributed by atoms with van der Waals surface area (Å²) in [6, 6.07) is 0. The van der Waals surface area contributed by atoms with Gasteiger partial charge in [0.1, 0.15) is 0 Å². The van der Waals surface area contributed by atoms with E-state index in [1.165, 1.54) is 25.7 Å². The third-order valence-electron chi connectivity index (χ3n) is 8.97. The van der Waals surface area contributed by atoms with Gasteiger partial charge in [-0.3, -0.25) is 0 Å². The molecule has 0 aromatic heterocycles. The summed E-state index contributed by atoms with van der Waals surface area (Å²) in [4.78, 5) is 0. The molecule has 0 aromatic carbocycles. The van der Waals surface area contributed by atoms with E-state index in [0.717, 1.165) is 47.3 Å². The Hall–Kier alpha value is 0. The van der Waals surface area contributed by atoms with E-state index in [-0.39, 0.29) is 0 Å². The summed E-state index contributed by atoms with van der Waals surface area (Å²) in [5.41, 5.74) is 0. The molecule has 3 aliphatic rings. The van der Waals surface area contributed by atoms with Gasteiger partial charge in [-0.25, -0.2) is 0 Å². The molecule has 0 atom stereocenters. The molecular weight excluding hydrogens is 312 g/mol. The first-order valence-electron chi connectivity index (χ1n) is 12.5. The summed E-state index contributed by atoms with van der Waals surface area (Å²) >= 11 is 0. The Balaban J connectivity index is 1.30. The van der Waals surface area contributed by atoms with Crippen LogP contribution in [-0.2, 0) is 0 Å². The first-order chi connectivity index (χ1) is 12.5. The molecule has 152 valence electrons. The second-order valence-electron chi connectivity index (χ2n) is 11.4. The fourth-order valence-corrected chi connectivity index (χ4v) is 6.83. The molecule has 0 heterocycles. The van der Waals surface area contributed by atoms with Crippen molar-refractivity contribution in [3.8, 4) is 0 Å². The molecule has 0 aromatic rings. The van der Waals surface area contributed by atoms with E-state index < -0.39 is 0 Å². The van der Waals surface area contributed by atoms with Gasteiger partial charge in [0.05, 0.1) is 0 Å². The van der Waals surface area contributed by atoms with Crippen molar-refractivity contribution in [1.29, 1.82) is 0 Å². The molecule has 3 fully saturated rings. The maximum absolute atomic E-state index is 2.43. The zero-order valence-corrected chi connectivity index (χ0v) is 18.5. The van der Waals surface area contributed by atoms with Crippen LogP contribution >= 0.6 is 0 Å². The fraction of sp³-hybridized carbons (Fsp3) is 1.00. The maximum atomic E-state index is 2.43. The van der Waals surface area contributed by atoms with Crippen LogP contribution in [-0.4, -0.2) is 0 Å². The third-order valence-corrected chi connectivity index (χ3v) is 8.97. The molecule has 0 N–H and O–H groups in total. The Bertz CT molecular complexity index is 333. The second-order valence-corrected chi connectivity index (χ2v) is 11.4. The zero-order chi connectivity index (χ0) is 18.5. The summed E-state index contributed by atoms with van der Waals surface area (Å²) in [7, 11) is 0. The Morgan fingerprint density at radius 1 is 0.423 bits per heavy atom. The second kappa shape index (κ2) is 9.97. The monoisotopic (exact) mass is 360 g/mol. The highest BCUT2D eigenvalue weighted by Gasteiger charge is 2.30. The Kier molecular flexibility index (Phi) is 7.95. The molecule has 0 unspecified atom stereocenters. The van der Waals surface area contributed by atoms with Crippen molar-refractivity contribution >= 4 is 0 Å². The quantitative estimate of drug-likeness (QED) is 0.445. The first kappa shape index (κ1) is 20.7. The van der Waals surface area contributed by atoms with Crippen molar-refractivity contribution in [3.63, 3.8) is 0 Å². The lowest BCUT2D eigenvalue weighted by atomic mass is 9.69. The van der Waals surface area contributed by atoms with E-state index in [1.807, 2.05) is 0 Å². The predicted molar refractivity (Wildman–Crippen MR) is 115 cm³/mol. The molecule has 26 heavy (non-hydrogen) atoms. The average molecular weight is 361 g/mol. The summed E-state index contributed by atoms with van der Waals surface area (Å²) in [5, 5.41) is 0. The van der Waals surface area contributed by atoms with Gasteiger partial charge in [-0.15, -0.1) is 0 Å². The summed E-state index contributed by atoms with van der Waals surface area (Å²) < 4.78 is 0. The van der Waals surface area contributed by atoms with Crippen molar-refractivity contribution < 1.29 is 0 Å². The molecule has 0 saturated heterocycles. The van der Waals surface area contributed by atoms with Gasteiger partial charge < -0.3 is 0 Å². The van der Waals surface area contributed by atoms with Crippen molar-refractivity contribution in [2.24, 2.45) is 47.3 Å². The lowest BCUT2D eigenvalue weighted by Crippen LogP contribution is -2.24. The predicted octanol–water partition coefficient (Wildman–Crippen LogP) is 8.50. The lowest BCUT2D eigenvalue weighted by molar-refractivity contribution is 0.150. The number of hydrogen-bond acceptors (Lipinski definition) is 0. The largest absolute Gasteiger partial charge is 0.0625 e. The molecular formula is C26H48. The summed E-state index contributed by atoms with van der Waals surface area (Å²) in [6.07, 6.45) is 21.7. The number of hydrogen-bond donors (Lipinski definition) is 0. The summed E-state index contributed by atoms with van der Waals surface area (Å²) in [5.74, 6) is 8.24. The van der Waals surface area contributed by atoms with Crippen LogP contribution in [0, 0.1) is 47.3 Å². The molecule has 0 nitrogen and oxygen atoms in total. The van der Waals surface area contributed by atoms with E-state index in [2.05, 4.69) is 27.7 Å². The van der Waals surface area contributed by atoms with Gasteiger partial charge in [0.15, 0.2) is 0 Å². The van der Waals surface area contributed by atoms with E-state index in [9.17, 15) is 0 Å². The highest BCUT2D eigenvalue weighted by molar-refractivity contribution is 4.82. The van der Waals surface area contributed by atoms with Crippen LogP contribution < -0.4 is 0 Å². The van der Waals surface area contributed by atoms with E-state index >= 15 is 0 Å². The molecule has 3 rings (SSSR count). The minimum atomic E-state index is 0.919. The van der Waals surface area contributed by atoms with Crippen molar-refractivity contribution in [3.05, 3.63) is 0 Å². The topological polar surface area (TPSA) is 0 Å². The molecule has 0 bridgehead atoms. The van der Waals surface area contributed by atoms with Crippen LogP contribution in [0.4, 0.5) is 0 Å². The van der Waals surface area contributed by atoms with Crippen LogP contribution in [0.3, 0.4) is 0 Å². The van der Waals surface area contributed by atoms with Gasteiger partial charge in [-0.1, -0.05) is 79.1 Å². The smallest absolute Gasteiger partial charge is 0.0391 e. The van der Waals surface area contributed by atoms with Crippen LogP contribution in [0.2, 0.25) is 0 Å². The molecule has 0 heteroatoms. The Morgan fingerprint density at radius 3 is 0.885 bits per heavy atom. The molecule has 0 radical (unpaired) electrons. The molecule has 0 amide bonds. The minimum Gasteiger partial charge on any atom is -0.0625 e. The fourth-order valence-electron chi connectivity index (χ4n) is 6.83. The van der Waals surface area contributed by atoms with E-state index in [0.29, 0.717) is 0 Å².